The van der Waals surface area contributed by atoms with Crippen LogP contribution < -0.4 is 4.90 Å². The molecular formula is C65H70N2S3. The van der Waals surface area contributed by atoms with E-state index in [1.807, 2.05) is 87.2 Å². The van der Waals surface area contributed by atoms with Crippen molar-refractivity contribution < 1.29 is 0 Å². The number of nitrogens with zero attached hydrogens (tertiary/aromatic N) is 2. The molecule has 0 radical (unpaired) electrons. The van der Waals surface area contributed by atoms with Crippen LogP contribution in [-0.4, -0.2) is 11.6 Å². The summed E-state index contributed by atoms with van der Waals surface area (Å²) in [6.45, 7) is 28.7. The van der Waals surface area contributed by atoms with Gasteiger partial charge >= 0.3 is 0 Å². The Bertz CT molecular complexity index is 2980. The average Bonchev–Trinajstić information content (AvgIpc) is 3.60. The molecule has 0 spiro atoms. The van der Waals surface area contributed by atoms with Crippen molar-refractivity contribution in [3.05, 3.63) is 228 Å². The second-order valence-corrected chi connectivity index (χ2v) is 18.5. The molecule has 0 unspecified atom stereocenters. The molecule has 1 aliphatic rings. The van der Waals surface area contributed by atoms with Crippen LogP contribution >= 0.6 is 35.7 Å². The minimum absolute atomic E-state index is 0.382. The standard InChI is InChI=1S/C58H50N2S3.C3H8.2C2H6/c1-6-18-40(5)62-57-41(8-3)20-16-24-50(57)44-30-28-42(29-31-44)46-36-37-49(54(38-46)59-56(39-61)60(47(9-4)19-7-2)48-21-12-10-13-22-48)43-32-34-45(35-33-43)51-25-17-26-53-52-23-14-11-15-27-55(52)63-58(51)53;1-3-2;2*1-2/h6-7,9-26,28-38,61H,1-2,4,8,27,39H2,3,5H3;3H2,1-2H3;2*1-2H3/b40-18+,47-19+,59-56?;;;. The minimum atomic E-state index is 0.382. The Morgan fingerprint density at radius 1 is 0.686 bits per heavy atom. The van der Waals surface area contributed by atoms with Crippen molar-refractivity contribution >= 4 is 69.1 Å². The van der Waals surface area contributed by atoms with Crippen LogP contribution in [-0.2, 0) is 12.8 Å². The molecule has 0 N–H and O–H groups in total. The predicted molar refractivity (Wildman–Crippen MR) is 322 cm³/mol. The highest BCUT2D eigenvalue weighted by molar-refractivity contribution is 8.03. The van der Waals surface area contributed by atoms with Crippen molar-refractivity contribution in [3.63, 3.8) is 0 Å². The lowest BCUT2D eigenvalue weighted by molar-refractivity contribution is 1.09. The lowest BCUT2D eigenvalue weighted by Gasteiger charge is -2.27. The molecule has 358 valence electrons. The van der Waals surface area contributed by atoms with Crippen molar-refractivity contribution in [2.45, 2.75) is 79.5 Å². The highest BCUT2D eigenvalue weighted by Gasteiger charge is 2.19. The van der Waals surface area contributed by atoms with Gasteiger partial charge < -0.3 is 0 Å². The monoisotopic (exact) mass is 974 g/mol. The van der Waals surface area contributed by atoms with E-state index in [0.717, 1.165) is 58.0 Å². The number of anilines is 1. The predicted octanol–water partition coefficient (Wildman–Crippen LogP) is 20.6. The van der Waals surface area contributed by atoms with E-state index in [4.69, 9.17) is 17.6 Å². The molecule has 5 heteroatoms. The second kappa shape index (κ2) is 28.3. The van der Waals surface area contributed by atoms with Gasteiger partial charge in [0.15, 0.2) is 0 Å². The summed E-state index contributed by atoms with van der Waals surface area (Å²) in [4.78, 5) is 11.5. The number of aryl methyl sites for hydroxylation is 1. The van der Waals surface area contributed by atoms with Gasteiger partial charge in [-0.1, -0.05) is 244 Å². The zero-order valence-corrected chi connectivity index (χ0v) is 45.0. The molecule has 6 aromatic carbocycles. The molecule has 0 fully saturated rings. The maximum atomic E-state index is 5.49. The summed E-state index contributed by atoms with van der Waals surface area (Å²) in [6, 6.07) is 48.0. The molecular weight excluding hydrogens is 905 g/mol. The first-order valence-corrected chi connectivity index (χ1v) is 26.9. The van der Waals surface area contributed by atoms with E-state index >= 15 is 0 Å². The summed E-state index contributed by atoms with van der Waals surface area (Å²) < 4.78 is 1.33. The number of hydrogen-bond acceptors (Lipinski definition) is 4. The number of hydrogen-bond donors (Lipinski definition) is 1. The number of aliphatic imine (C=N–C) groups is 1. The van der Waals surface area contributed by atoms with Crippen molar-refractivity contribution in [2.24, 2.45) is 4.99 Å². The van der Waals surface area contributed by atoms with Crippen LogP contribution in [0.1, 0.15) is 77.8 Å². The maximum absolute atomic E-state index is 5.49. The fraction of sp³-hybridized carbons (Fsp3) is 0.185. The van der Waals surface area contributed by atoms with Gasteiger partial charge in [-0.15, -0.1) is 11.3 Å². The van der Waals surface area contributed by atoms with Gasteiger partial charge in [-0.3, -0.25) is 4.90 Å². The number of fused-ring (bicyclic) bond motifs is 3. The van der Waals surface area contributed by atoms with Crippen LogP contribution in [0.3, 0.4) is 0 Å². The van der Waals surface area contributed by atoms with E-state index in [-0.39, 0.29) is 0 Å². The normalized spacial score (nSPS) is 12.0. The fourth-order valence-corrected chi connectivity index (χ4v) is 10.8. The first-order chi connectivity index (χ1) is 34.3. The van der Waals surface area contributed by atoms with E-state index in [2.05, 4.69) is 198 Å². The fourth-order valence-electron chi connectivity index (χ4n) is 8.12. The Morgan fingerprint density at radius 3 is 1.91 bits per heavy atom. The highest BCUT2D eigenvalue weighted by atomic mass is 32.2. The second-order valence-electron chi connectivity index (χ2n) is 15.9. The summed E-state index contributed by atoms with van der Waals surface area (Å²) >= 11 is 8.61. The van der Waals surface area contributed by atoms with Gasteiger partial charge in [0, 0.05) is 49.0 Å². The van der Waals surface area contributed by atoms with Crippen molar-refractivity contribution in [2.75, 3.05) is 10.7 Å². The summed E-state index contributed by atoms with van der Waals surface area (Å²) in [5.74, 6) is 1.14. The van der Waals surface area contributed by atoms with Gasteiger partial charge in [-0.05, 0) is 98.7 Å². The molecule has 8 rings (SSSR count). The smallest absolute Gasteiger partial charge is 0.124 e. The quantitative estimate of drug-likeness (QED) is 0.0384. The summed E-state index contributed by atoms with van der Waals surface area (Å²) in [5, 5.41) is 1.31. The molecule has 0 bridgehead atoms. The van der Waals surface area contributed by atoms with Crippen LogP contribution in [0.2, 0.25) is 0 Å². The van der Waals surface area contributed by atoms with Gasteiger partial charge in [-0.2, -0.15) is 12.6 Å². The number of thioether (sulfide) groups is 1. The molecule has 0 saturated carbocycles. The van der Waals surface area contributed by atoms with Gasteiger partial charge in [0.25, 0.3) is 0 Å². The molecule has 1 aromatic heterocycles. The molecule has 1 heterocycles. The number of allylic oxidation sites excluding steroid dienone is 9. The van der Waals surface area contributed by atoms with Gasteiger partial charge in [0.05, 0.1) is 5.69 Å². The third-order valence-electron chi connectivity index (χ3n) is 11.2. The first-order valence-electron chi connectivity index (χ1n) is 24.7. The van der Waals surface area contributed by atoms with Crippen molar-refractivity contribution in [1.82, 2.24) is 0 Å². The third-order valence-corrected chi connectivity index (χ3v) is 13.9. The Balaban J connectivity index is 0.00000124. The topological polar surface area (TPSA) is 15.6 Å². The lowest BCUT2D eigenvalue weighted by atomic mass is 9.95. The minimum Gasteiger partial charge on any atom is -0.298 e. The summed E-state index contributed by atoms with van der Waals surface area (Å²) in [5.41, 5.74) is 14.5. The maximum Gasteiger partial charge on any atom is 0.124 e. The molecule has 0 amide bonds. The average molecular weight is 975 g/mol. The van der Waals surface area contributed by atoms with Crippen molar-refractivity contribution in [1.29, 1.82) is 0 Å². The molecule has 70 heavy (non-hydrogen) atoms. The van der Waals surface area contributed by atoms with Crippen LogP contribution in [0, 0.1) is 0 Å². The summed E-state index contributed by atoms with van der Waals surface area (Å²) in [7, 11) is 0. The van der Waals surface area contributed by atoms with E-state index < -0.39 is 0 Å². The van der Waals surface area contributed by atoms with E-state index in [1.54, 1.807) is 6.08 Å². The summed E-state index contributed by atoms with van der Waals surface area (Å²) in [6.07, 6.45) is 21.4. The molecule has 2 nitrogen and oxygen atoms in total. The molecule has 0 saturated heterocycles. The zero-order chi connectivity index (χ0) is 50.4. The number of benzene rings is 6. The SMILES string of the molecule is C=C/C=C(\C)Sc1c(CC)cccc1-c1ccc(-c2ccc(-c3ccc(-c4cccc5c6c(sc45)CC=CC=C6)cc3)c(N=C(CS)N(/C(C=C)=C/C=C)c3ccccc3)c2)cc1.CC.CC.CCC. The number of rotatable bonds is 14. The van der Waals surface area contributed by atoms with Crippen LogP contribution in [0.15, 0.2) is 222 Å². The lowest BCUT2D eigenvalue weighted by Crippen LogP contribution is -2.30. The largest absolute Gasteiger partial charge is 0.298 e. The molecule has 7 aromatic rings. The zero-order valence-electron chi connectivity index (χ0n) is 42.5. The van der Waals surface area contributed by atoms with Crippen LogP contribution in [0.25, 0.3) is 60.7 Å². The Kier molecular flexibility index (Phi) is 22.1. The van der Waals surface area contributed by atoms with Crippen LogP contribution in [0.5, 0.6) is 0 Å². The van der Waals surface area contributed by atoms with Crippen LogP contribution in [0.4, 0.5) is 11.4 Å². The number of para-hydroxylation sites is 1. The molecule has 0 atom stereocenters. The van der Waals surface area contributed by atoms with E-state index in [0.29, 0.717) is 5.75 Å². The molecule has 0 aliphatic heterocycles. The van der Waals surface area contributed by atoms with Crippen molar-refractivity contribution in [3.8, 4) is 44.5 Å². The van der Waals surface area contributed by atoms with E-state index in [1.165, 1.54) is 64.6 Å². The molecule has 1 aliphatic carbocycles. The Morgan fingerprint density at radius 2 is 1.29 bits per heavy atom. The first kappa shape index (κ1) is 54.6. The van der Waals surface area contributed by atoms with Gasteiger partial charge in [0.1, 0.15) is 5.84 Å². The van der Waals surface area contributed by atoms with Gasteiger partial charge in [-0.25, -0.2) is 4.99 Å². The third kappa shape index (κ3) is 13.3. The van der Waals surface area contributed by atoms with E-state index in [9.17, 15) is 0 Å². The Labute approximate surface area is 434 Å². The van der Waals surface area contributed by atoms with Gasteiger partial charge in [0.2, 0.25) is 0 Å². The Hall–Kier alpha value is -6.37. The number of thiol groups is 1. The number of thiophene rings is 1. The number of amidine groups is 1. The highest BCUT2D eigenvalue weighted by Crippen LogP contribution is 2.43.